The van der Waals surface area contributed by atoms with Gasteiger partial charge in [0.05, 0.1) is 12.1 Å². The largest absolute Gasteiger partial charge is 0.319 e. The summed E-state index contributed by atoms with van der Waals surface area (Å²) >= 11 is 5.68. The molecule has 3 aromatic rings. The summed E-state index contributed by atoms with van der Waals surface area (Å²) in [5, 5.41) is 15.8. The topological polar surface area (TPSA) is 54.6 Å². The van der Waals surface area contributed by atoms with Gasteiger partial charge in [-0.2, -0.15) is 0 Å². The van der Waals surface area contributed by atoms with Crippen LogP contribution in [-0.2, 0) is 0 Å². The maximum absolute atomic E-state index is 5.68. The maximum atomic E-state index is 5.68. The molecule has 2 aromatic carbocycles. The first-order chi connectivity index (χ1) is 10.8. The van der Waals surface area contributed by atoms with Crippen LogP contribution in [0.15, 0.2) is 60.7 Å². The number of aromatic nitrogens is 4. The number of benzene rings is 2. The van der Waals surface area contributed by atoms with E-state index in [1.807, 2.05) is 36.4 Å². The predicted octanol–water partition coefficient (Wildman–Crippen LogP) is 3.22. The number of anilines is 1. The molecule has 2 unspecified atom stereocenters. The lowest BCUT2D eigenvalue weighted by Crippen LogP contribution is -2.04. The van der Waals surface area contributed by atoms with Gasteiger partial charge < -0.3 is 4.90 Å². The van der Waals surface area contributed by atoms with E-state index in [1.54, 1.807) is 0 Å². The van der Waals surface area contributed by atoms with Gasteiger partial charge in [0.1, 0.15) is 0 Å². The minimum absolute atomic E-state index is 0.0538. The van der Waals surface area contributed by atoms with Crippen molar-refractivity contribution < 1.29 is 0 Å². The first kappa shape index (κ1) is 13.2. The molecule has 0 N–H and O–H groups in total. The highest BCUT2D eigenvalue weighted by atomic mass is 35.5. The highest BCUT2D eigenvalue weighted by Gasteiger charge is 2.51. The van der Waals surface area contributed by atoms with Gasteiger partial charge in [-0.05, 0) is 22.7 Å². The van der Waals surface area contributed by atoms with Crippen molar-refractivity contribution in [1.29, 1.82) is 0 Å². The van der Waals surface area contributed by atoms with Crippen molar-refractivity contribution in [1.82, 2.24) is 20.4 Å². The minimum atomic E-state index is 0.0538. The number of rotatable bonds is 3. The molecule has 6 heteroatoms. The summed E-state index contributed by atoms with van der Waals surface area (Å²) in [5.74, 6) is 0.493. The third-order valence-electron chi connectivity index (χ3n) is 3.77. The average Bonchev–Trinajstić information content (AvgIpc) is 3.33. The first-order valence-corrected chi connectivity index (χ1v) is 7.33. The van der Waals surface area contributed by atoms with Crippen molar-refractivity contribution >= 4 is 17.5 Å². The third-order valence-corrected chi connectivity index (χ3v) is 3.92. The second-order valence-corrected chi connectivity index (χ2v) is 5.43. The second-order valence-electron chi connectivity index (χ2n) is 5.09. The highest BCUT2D eigenvalue weighted by molar-refractivity contribution is 6.28. The molecule has 0 spiro atoms. The lowest BCUT2D eigenvalue weighted by Gasteiger charge is -2.02. The Balaban J connectivity index is 1.73. The Bertz CT molecular complexity index is 718. The normalized spacial score (nSPS) is 20.0. The van der Waals surface area contributed by atoms with E-state index in [-0.39, 0.29) is 17.4 Å². The van der Waals surface area contributed by atoms with E-state index in [2.05, 4.69) is 49.6 Å². The molecule has 0 saturated carbocycles. The Labute approximate surface area is 132 Å². The number of nitrogens with zero attached hydrogens (tertiary/aromatic N) is 5. The van der Waals surface area contributed by atoms with E-state index in [9.17, 15) is 0 Å². The molecule has 1 aromatic heterocycles. The molecular weight excluding hydrogens is 298 g/mol. The first-order valence-electron chi connectivity index (χ1n) is 6.96. The van der Waals surface area contributed by atoms with E-state index < -0.39 is 0 Å². The molecule has 0 radical (unpaired) electrons. The monoisotopic (exact) mass is 309 g/mol. The Hall–Kier alpha value is -2.53. The smallest absolute Gasteiger partial charge is 0.266 e. The van der Waals surface area contributed by atoms with Crippen molar-refractivity contribution in [3.05, 3.63) is 77.1 Å². The van der Waals surface area contributed by atoms with Gasteiger partial charge in [0, 0.05) is 0 Å². The van der Waals surface area contributed by atoms with Crippen molar-refractivity contribution in [3.8, 4) is 0 Å². The summed E-state index contributed by atoms with van der Waals surface area (Å²) < 4.78 is 0. The molecule has 4 rings (SSSR count). The number of hydrogen-bond acceptors (Lipinski definition) is 5. The molecule has 0 aliphatic carbocycles. The summed E-state index contributed by atoms with van der Waals surface area (Å²) in [6.45, 7) is 0. The Morgan fingerprint density at radius 1 is 0.682 bits per heavy atom. The van der Waals surface area contributed by atoms with Gasteiger partial charge in [0.2, 0.25) is 0 Å². The van der Waals surface area contributed by atoms with Crippen molar-refractivity contribution in [3.63, 3.8) is 0 Å². The molecular formula is C16H12ClN5. The van der Waals surface area contributed by atoms with Gasteiger partial charge in [0.15, 0.2) is 0 Å². The predicted molar refractivity (Wildman–Crippen MR) is 83.5 cm³/mol. The SMILES string of the molecule is Clc1nnc(N2C(c3ccccc3)C2c2ccccc2)nn1. The van der Waals surface area contributed by atoms with Gasteiger partial charge in [-0.15, -0.1) is 20.4 Å². The van der Waals surface area contributed by atoms with E-state index in [4.69, 9.17) is 11.6 Å². The molecule has 0 amide bonds. The molecule has 1 fully saturated rings. The quantitative estimate of drug-likeness (QED) is 0.695. The van der Waals surface area contributed by atoms with Crippen LogP contribution in [0, 0.1) is 0 Å². The average molecular weight is 310 g/mol. The Morgan fingerprint density at radius 3 is 1.59 bits per heavy atom. The number of halogens is 1. The molecule has 2 heterocycles. The van der Waals surface area contributed by atoms with E-state index in [0.717, 1.165) is 0 Å². The molecule has 5 nitrogen and oxygen atoms in total. The van der Waals surface area contributed by atoms with Crippen LogP contribution in [0.5, 0.6) is 0 Å². The van der Waals surface area contributed by atoms with Gasteiger partial charge in [-0.25, -0.2) is 0 Å². The van der Waals surface area contributed by atoms with Crippen LogP contribution >= 0.6 is 11.6 Å². The standard InChI is InChI=1S/C16H12ClN5/c17-15-18-20-16(21-19-15)22-13(11-7-3-1-4-8-11)14(22)12-9-5-2-6-10-12/h1-10,13-14H. The van der Waals surface area contributed by atoms with Crippen LogP contribution in [0.4, 0.5) is 5.95 Å². The minimum Gasteiger partial charge on any atom is -0.319 e. The third kappa shape index (κ3) is 2.29. The van der Waals surface area contributed by atoms with Crippen LogP contribution in [0.3, 0.4) is 0 Å². The van der Waals surface area contributed by atoms with E-state index in [1.165, 1.54) is 11.1 Å². The molecule has 1 saturated heterocycles. The van der Waals surface area contributed by atoms with Crippen molar-refractivity contribution in [2.24, 2.45) is 0 Å². The lowest BCUT2D eigenvalue weighted by atomic mass is 10.0. The summed E-state index contributed by atoms with van der Waals surface area (Å²) in [7, 11) is 0. The Kier molecular flexibility index (Phi) is 3.20. The molecule has 1 aliphatic rings. The second kappa shape index (κ2) is 5.35. The molecule has 2 atom stereocenters. The number of hydrogen-bond donors (Lipinski definition) is 0. The van der Waals surface area contributed by atoms with Crippen LogP contribution in [0.25, 0.3) is 0 Å². The van der Waals surface area contributed by atoms with Gasteiger partial charge >= 0.3 is 0 Å². The van der Waals surface area contributed by atoms with Crippen LogP contribution in [0.2, 0.25) is 5.28 Å². The van der Waals surface area contributed by atoms with E-state index in [0.29, 0.717) is 5.95 Å². The van der Waals surface area contributed by atoms with Gasteiger partial charge in [-0.3, -0.25) is 0 Å². The van der Waals surface area contributed by atoms with Crippen molar-refractivity contribution in [2.75, 3.05) is 4.90 Å². The summed E-state index contributed by atoms with van der Waals surface area (Å²) in [6.07, 6.45) is 0. The van der Waals surface area contributed by atoms with Crippen LogP contribution in [-0.4, -0.2) is 20.4 Å². The fraction of sp³-hybridized carbons (Fsp3) is 0.125. The van der Waals surface area contributed by atoms with E-state index >= 15 is 0 Å². The zero-order valence-electron chi connectivity index (χ0n) is 11.5. The molecule has 1 aliphatic heterocycles. The summed E-state index contributed by atoms with van der Waals surface area (Å²) in [4.78, 5) is 2.10. The summed E-state index contributed by atoms with van der Waals surface area (Å²) in [5.41, 5.74) is 2.44. The van der Waals surface area contributed by atoms with Crippen LogP contribution in [0.1, 0.15) is 23.2 Å². The van der Waals surface area contributed by atoms with Crippen molar-refractivity contribution in [2.45, 2.75) is 12.1 Å². The molecule has 0 bridgehead atoms. The highest BCUT2D eigenvalue weighted by Crippen LogP contribution is 2.55. The zero-order chi connectivity index (χ0) is 14.9. The summed E-state index contributed by atoms with van der Waals surface area (Å²) in [6, 6.07) is 21.0. The lowest BCUT2D eigenvalue weighted by molar-refractivity contribution is 0.836. The van der Waals surface area contributed by atoms with Gasteiger partial charge in [-0.1, -0.05) is 60.7 Å². The van der Waals surface area contributed by atoms with Crippen LogP contribution < -0.4 is 4.90 Å². The maximum Gasteiger partial charge on any atom is 0.266 e. The molecule has 108 valence electrons. The fourth-order valence-corrected chi connectivity index (χ4v) is 2.86. The fourth-order valence-electron chi connectivity index (χ4n) is 2.78. The Morgan fingerprint density at radius 2 is 1.14 bits per heavy atom. The molecule has 22 heavy (non-hydrogen) atoms. The van der Waals surface area contributed by atoms with Gasteiger partial charge in [0.25, 0.3) is 11.2 Å². The zero-order valence-corrected chi connectivity index (χ0v) is 12.3.